The van der Waals surface area contributed by atoms with E-state index in [1.807, 2.05) is 13.8 Å². The molecular formula is C22H38O. The molecule has 3 atom stereocenters. The van der Waals surface area contributed by atoms with Crippen molar-refractivity contribution in [3.63, 3.8) is 0 Å². The molecule has 2 saturated carbocycles. The summed E-state index contributed by atoms with van der Waals surface area (Å²) in [6, 6.07) is 0. The van der Waals surface area contributed by atoms with Crippen LogP contribution in [0.25, 0.3) is 0 Å². The van der Waals surface area contributed by atoms with E-state index in [1.54, 1.807) is 6.08 Å². The molecule has 0 aromatic carbocycles. The lowest BCUT2D eigenvalue weighted by Gasteiger charge is -2.58. The van der Waals surface area contributed by atoms with Gasteiger partial charge >= 0.3 is 0 Å². The van der Waals surface area contributed by atoms with Gasteiger partial charge in [-0.05, 0) is 74.2 Å². The lowest BCUT2D eigenvalue weighted by atomic mass is 9.47. The van der Waals surface area contributed by atoms with Gasteiger partial charge in [0.15, 0.2) is 0 Å². The van der Waals surface area contributed by atoms with Gasteiger partial charge in [-0.1, -0.05) is 58.8 Å². The number of aldehydes is 1. The Labute approximate surface area is 144 Å². The van der Waals surface area contributed by atoms with Gasteiger partial charge in [-0.3, -0.25) is 4.79 Å². The molecule has 0 aromatic heterocycles. The van der Waals surface area contributed by atoms with Crippen LogP contribution in [0.3, 0.4) is 0 Å². The van der Waals surface area contributed by atoms with Gasteiger partial charge in [-0.25, -0.2) is 0 Å². The van der Waals surface area contributed by atoms with Gasteiger partial charge in [0.2, 0.25) is 0 Å². The van der Waals surface area contributed by atoms with Gasteiger partial charge in [0.05, 0.1) is 0 Å². The largest absolute Gasteiger partial charge is 0.299 e. The maximum Gasteiger partial charge on any atom is 0.142 e. The third-order valence-electron chi connectivity index (χ3n) is 6.50. The Bertz CT molecular complexity index is 443. The number of hydrogen-bond acceptors (Lipinski definition) is 1. The van der Waals surface area contributed by atoms with Crippen molar-refractivity contribution in [1.29, 1.82) is 0 Å². The maximum atomic E-state index is 10.6. The van der Waals surface area contributed by atoms with E-state index in [0.717, 1.165) is 25.0 Å². The van der Waals surface area contributed by atoms with Crippen molar-refractivity contribution in [2.45, 2.75) is 86.5 Å². The molecule has 0 spiro atoms. The molecule has 1 heteroatoms. The van der Waals surface area contributed by atoms with Gasteiger partial charge < -0.3 is 0 Å². The zero-order valence-electron chi connectivity index (χ0n) is 16.4. The van der Waals surface area contributed by atoms with Gasteiger partial charge in [0.25, 0.3) is 0 Å². The highest BCUT2D eigenvalue weighted by Crippen LogP contribution is 2.61. The zero-order valence-corrected chi connectivity index (χ0v) is 16.4. The normalized spacial score (nSPS) is 33.3. The molecule has 2 aliphatic rings. The molecule has 23 heavy (non-hydrogen) atoms. The Morgan fingerprint density at radius 2 is 1.91 bits per heavy atom. The highest BCUT2D eigenvalue weighted by atomic mass is 16.1. The van der Waals surface area contributed by atoms with Crippen molar-refractivity contribution in [2.24, 2.45) is 22.7 Å². The minimum Gasteiger partial charge on any atom is -0.299 e. The lowest BCUT2D eigenvalue weighted by Crippen LogP contribution is -2.49. The molecule has 2 fully saturated rings. The van der Waals surface area contributed by atoms with E-state index in [0.29, 0.717) is 16.7 Å². The first kappa shape index (κ1) is 20.2. The average molecular weight is 319 g/mol. The number of carbonyl (C=O) groups is 1. The summed E-state index contributed by atoms with van der Waals surface area (Å²) < 4.78 is 0. The SMILES string of the molecule is C=C1CCC2C(C)(C)CCCC2(C)C1CC/C(C)=C/C=O.CC. The molecule has 132 valence electrons. The highest BCUT2D eigenvalue weighted by Gasteiger charge is 2.52. The minimum atomic E-state index is 0.415. The number of allylic oxidation sites excluding steroid dienone is 3. The molecule has 0 amide bonds. The van der Waals surface area contributed by atoms with Gasteiger partial charge in [0.1, 0.15) is 6.29 Å². The Morgan fingerprint density at radius 3 is 2.52 bits per heavy atom. The maximum absolute atomic E-state index is 10.6. The van der Waals surface area contributed by atoms with Crippen LogP contribution in [0.2, 0.25) is 0 Å². The van der Waals surface area contributed by atoms with Crippen molar-refractivity contribution >= 4 is 6.29 Å². The van der Waals surface area contributed by atoms with Gasteiger partial charge in [-0.15, -0.1) is 0 Å². The molecule has 2 aliphatic carbocycles. The summed E-state index contributed by atoms with van der Waals surface area (Å²) >= 11 is 0. The van der Waals surface area contributed by atoms with Crippen LogP contribution in [-0.2, 0) is 4.79 Å². The summed E-state index contributed by atoms with van der Waals surface area (Å²) in [5, 5.41) is 0. The first-order valence-corrected chi connectivity index (χ1v) is 9.60. The number of rotatable bonds is 4. The van der Waals surface area contributed by atoms with E-state index in [4.69, 9.17) is 0 Å². The first-order valence-electron chi connectivity index (χ1n) is 9.60. The quantitative estimate of drug-likeness (QED) is 0.319. The van der Waals surface area contributed by atoms with E-state index in [1.165, 1.54) is 43.3 Å². The van der Waals surface area contributed by atoms with Crippen molar-refractivity contribution in [3.05, 3.63) is 23.8 Å². The third-order valence-corrected chi connectivity index (χ3v) is 6.50. The van der Waals surface area contributed by atoms with E-state index in [2.05, 4.69) is 34.3 Å². The Morgan fingerprint density at radius 1 is 1.26 bits per heavy atom. The number of fused-ring (bicyclic) bond motifs is 1. The molecule has 2 rings (SSSR count). The standard InChI is InChI=1S/C20H32O.C2H6/c1-15(11-14-21)7-9-17-16(2)8-10-18-19(3,4)12-6-13-20(17,18)5;1-2/h11,14,17-18H,2,6-10,12-13H2,1,3-5H3;1-2H3/b15-11+;. The third kappa shape index (κ3) is 4.37. The summed E-state index contributed by atoms with van der Waals surface area (Å²) in [4.78, 5) is 10.6. The van der Waals surface area contributed by atoms with Crippen LogP contribution < -0.4 is 0 Å². The summed E-state index contributed by atoms with van der Waals surface area (Å²) in [7, 11) is 0. The molecule has 0 aromatic rings. The fourth-order valence-corrected chi connectivity index (χ4v) is 5.38. The predicted octanol–water partition coefficient (Wildman–Crippen LogP) is 6.74. The molecule has 3 unspecified atom stereocenters. The van der Waals surface area contributed by atoms with Crippen LogP contribution in [0.1, 0.15) is 86.5 Å². The smallest absolute Gasteiger partial charge is 0.142 e. The molecule has 0 radical (unpaired) electrons. The second-order valence-electron chi connectivity index (χ2n) is 8.34. The summed E-state index contributed by atoms with van der Waals surface area (Å²) in [6.07, 6.45) is 11.4. The first-order chi connectivity index (χ1) is 10.8. The van der Waals surface area contributed by atoms with Crippen molar-refractivity contribution < 1.29 is 4.79 Å². The molecule has 0 heterocycles. The van der Waals surface area contributed by atoms with Crippen molar-refractivity contribution in [3.8, 4) is 0 Å². The molecular weight excluding hydrogens is 280 g/mol. The average Bonchev–Trinajstić information content (AvgIpc) is 2.48. The Kier molecular flexibility index (Phi) is 7.29. The van der Waals surface area contributed by atoms with Crippen LogP contribution in [0.5, 0.6) is 0 Å². The molecule has 1 nitrogen and oxygen atoms in total. The second kappa shape index (κ2) is 8.31. The van der Waals surface area contributed by atoms with E-state index >= 15 is 0 Å². The number of carbonyl (C=O) groups excluding carboxylic acids is 1. The van der Waals surface area contributed by atoms with Gasteiger partial charge in [-0.2, -0.15) is 0 Å². The molecule has 0 saturated heterocycles. The Hall–Kier alpha value is -0.850. The summed E-state index contributed by atoms with van der Waals surface area (Å²) in [5.74, 6) is 1.45. The Balaban J connectivity index is 0.00000127. The van der Waals surface area contributed by atoms with Crippen molar-refractivity contribution in [1.82, 2.24) is 0 Å². The highest BCUT2D eigenvalue weighted by molar-refractivity contribution is 5.65. The van der Waals surface area contributed by atoms with Crippen LogP contribution >= 0.6 is 0 Å². The molecule has 0 bridgehead atoms. The molecule has 0 aliphatic heterocycles. The van der Waals surface area contributed by atoms with Crippen LogP contribution in [-0.4, -0.2) is 6.29 Å². The molecule has 0 N–H and O–H groups in total. The lowest BCUT2D eigenvalue weighted by molar-refractivity contribution is -0.104. The second-order valence-corrected chi connectivity index (χ2v) is 8.34. The van der Waals surface area contributed by atoms with E-state index in [-0.39, 0.29) is 0 Å². The minimum absolute atomic E-state index is 0.415. The summed E-state index contributed by atoms with van der Waals surface area (Å²) in [5.41, 5.74) is 3.56. The summed E-state index contributed by atoms with van der Waals surface area (Å²) in [6.45, 7) is 17.9. The van der Waals surface area contributed by atoms with Gasteiger partial charge in [0, 0.05) is 0 Å². The van der Waals surface area contributed by atoms with Crippen LogP contribution in [0, 0.1) is 22.7 Å². The fraction of sp³-hybridized carbons (Fsp3) is 0.773. The predicted molar refractivity (Wildman–Crippen MR) is 101 cm³/mol. The monoisotopic (exact) mass is 318 g/mol. The zero-order chi connectivity index (χ0) is 17.7. The fourth-order valence-electron chi connectivity index (χ4n) is 5.38. The van der Waals surface area contributed by atoms with Crippen LogP contribution in [0.15, 0.2) is 23.8 Å². The van der Waals surface area contributed by atoms with Crippen LogP contribution in [0.4, 0.5) is 0 Å². The number of hydrogen-bond donors (Lipinski definition) is 0. The van der Waals surface area contributed by atoms with E-state index in [9.17, 15) is 4.79 Å². The topological polar surface area (TPSA) is 17.1 Å². The van der Waals surface area contributed by atoms with Crippen molar-refractivity contribution in [2.75, 3.05) is 0 Å². The van der Waals surface area contributed by atoms with E-state index < -0.39 is 0 Å².